The molecule has 0 aliphatic carbocycles. The van der Waals surface area contributed by atoms with Crippen molar-refractivity contribution in [2.75, 3.05) is 25.7 Å². The summed E-state index contributed by atoms with van der Waals surface area (Å²) >= 11 is 0. The number of ether oxygens (including phenoxy) is 2. The standard InChI is InChI=1S/C19H23O2S/c1-22(2)17-13-20-19(21-14-17)18(15-9-5-3-6-10-15)16-11-7-4-8-12-16/h3-12,17-19H,13-14H2,1-2H3/q+1. The molecule has 1 aliphatic heterocycles. The Morgan fingerprint density at radius 1 is 0.818 bits per heavy atom. The Morgan fingerprint density at radius 3 is 1.68 bits per heavy atom. The second-order valence-electron chi connectivity index (χ2n) is 5.84. The molecular weight excluding hydrogens is 292 g/mol. The Balaban J connectivity index is 1.84. The van der Waals surface area contributed by atoms with Crippen LogP contribution in [0.1, 0.15) is 17.0 Å². The molecule has 0 aromatic heterocycles. The maximum absolute atomic E-state index is 6.11. The van der Waals surface area contributed by atoms with E-state index in [1.165, 1.54) is 11.1 Å². The van der Waals surface area contributed by atoms with Gasteiger partial charge in [0, 0.05) is 0 Å². The maximum atomic E-state index is 6.11. The number of hydrogen-bond donors (Lipinski definition) is 0. The molecule has 22 heavy (non-hydrogen) atoms. The van der Waals surface area contributed by atoms with E-state index in [2.05, 4.69) is 61.0 Å². The van der Waals surface area contributed by atoms with E-state index < -0.39 is 0 Å². The molecule has 0 saturated carbocycles. The molecule has 2 nitrogen and oxygen atoms in total. The molecular formula is C19H23O2S+. The topological polar surface area (TPSA) is 18.5 Å². The Morgan fingerprint density at radius 2 is 1.27 bits per heavy atom. The van der Waals surface area contributed by atoms with Gasteiger partial charge in [-0.15, -0.1) is 0 Å². The monoisotopic (exact) mass is 315 g/mol. The zero-order chi connectivity index (χ0) is 15.4. The van der Waals surface area contributed by atoms with Crippen molar-refractivity contribution >= 4 is 10.9 Å². The summed E-state index contributed by atoms with van der Waals surface area (Å²) in [5, 5.41) is 0.517. The summed E-state index contributed by atoms with van der Waals surface area (Å²) in [6.45, 7) is 1.58. The van der Waals surface area contributed by atoms with Crippen molar-refractivity contribution in [1.82, 2.24) is 0 Å². The maximum Gasteiger partial charge on any atom is 0.168 e. The van der Waals surface area contributed by atoms with Crippen LogP contribution in [0.2, 0.25) is 0 Å². The highest BCUT2D eigenvalue weighted by Crippen LogP contribution is 2.32. The van der Waals surface area contributed by atoms with Crippen molar-refractivity contribution < 1.29 is 9.47 Å². The third kappa shape index (κ3) is 3.54. The van der Waals surface area contributed by atoms with Crippen molar-refractivity contribution in [3.63, 3.8) is 0 Å². The summed E-state index contributed by atoms with van der Waals surface area (Å²) < 4.78 is 12.2. The summed E-state index contributed by atoms with van der Waals surface area (Å²) in [5.41, 5.74) is 2.48. The van der Waals surface area contributed by atoms with Crippen molar-refractivity contribution in [3.05, 3.63) is 71.8 Å². The quantitative estimate of drug-likeness (QED) is 0.805. The van der Waals surface area contributed by atoms with E-state index in [-0.39, 0.29) is 12.2 Å². The van der Waals surface area contributed by atoms with Crippen LogP contribution >= 0.6 is 0 Å². The van der Waals surface area contributed by atoms with Gasteiger partial charge in [0.1, 0.15) is 0 Å². The third-order valence-electron chi connectivity index (χ3n) is 4.15. The van der Waals surface area contributed by atoms with Crippen LogP contribution in [0.4, 0.5) is 0 Å². The molecule has 1 saturated heterocycles. The van der Waals surface area contributed by atoms with Gasteiger partial charge in [0.2, 0.25) is 0 Å². The second kappa shape index (κ2) is 7.32. The molecule has 0 spiro atoms. The van der Waals surface area contributed by atoms with Crippen LogP contribution in [-0.2, 0) is 20.4 Å². The number of hydrogen-bond acceptors (Lipinski definition) is 2. The summed E-state index contributed by atoms with van der Waals surface area (Å²) in [4.78, 5) is 0. The van der Waals surface area contributed by atoms with Crippen molar-refractivity contribution in [1.29, 1.82) is 0 Å². The summed E-state index contributed by atoms with van der Waals surface area (Å²) in [6, 6.07) is 21.0. The van der Waals surface area contributed by atoms with Crippen molar-refractivity contribution in [2.45, 2.75) is 17.5 Å². The minimum Gasteiger partial charge on any atom is -0.346 e. The van der Waals surface area contributed by atoms with Gasteiger partial charge in [-0.3, -0.25) is 0 Å². The van der Waals surface area contributed by atoms with Crippen molar-refractivity contribution in [2.24, 2.45) is 0 Å². The molecule has 3 rings (SSSR count). The van der Waals surface area contributed by atoms with E-state index >= 15 is 0 Å². The Hall–Kier alpha value is -1.29. The summed E-state index contributed by atoms with van der Waals surface area (Å²) in [6.07, 6.45) is 4.30. The lowest BCUT2D eigenvalue weighted by Crippen LogP contribution is -2.42. The lowest BCUT2D eigenvalue weighted by molar-refractivity contribution is -0.182. The predicted molar refractivity (Wildman–Crippen MR) is 93.4 cm³/mol. The summed E-state index contributed by atoms with van der Waals surface area (Å²) in [5.74, 6) is 0.124. The fourth-order valence-corrected chi connectivity index (χ4v) is 3.49. The Bertz CT molecular complexity index is 523. The molecule has 2 aromatic rings. The zero-order valence-electron chi connectivity index (χ0n) is 13.1. The highest BCUT2D eigenvalue weighted by atomic mass is 32.2. The molecule has 1 fully saturated rings. The molecule has 3 heteroatoms. The number of rotatable bonds is 4. The SMILES string of the molecule is C[S+](C)C1COC(C(c2ccccc2)c2ccccc2)OC1. The fourth-order valence-electron chi connectivity index (χ4n) is 2.79. The molecule has 0 N–H and O–H groups in total. The van der Waals surface area contributed by atoms with Gasteiger partial charge in [-0.2, -0.15) is 0 Å². The van der Waals surface area contributed by atoms with Crippen molar-refractivity contribution in [3.8, 4) is 0 Å². The third-order valence-corrected chi connectivity index (χ3v) is 5.75. The molecule has 0 bridgehead atoms. The average Bonchev–Trinajstić information content (AvgIpc) is 2.57. The molecule has 2 aromatic carbocycles. The van der Waals surface area contributed by atoms with Gasteiger partial charge in [-0.25, -0.2) is 0 Å². The van der Waals surface area contributed by atoms with Crippen LogP contribution in [0.25, 0.3) is 0 Å². The minimum atomic E-state index is -0.204. The molecule has 0 amide bonds. The van der Waals surface area contributed by atoms with Gasteiger partial charge in [0.25, 0.3) is 0 Å². The number of benzene rings is 2. The van der Waals surface area contributed by atoms with E-state index in [0.29, 0.717) is 16.1 Å². The lowest BCUT2D eigenvalue weighted by Gasteiger charge is -2.33. The van der Waals surface area contributed by atoms with E-state index in [1.807, 2.05) is 12.1 Å². The van der Waals surface area contributed by atoms with Crippen LogP contribution in [0.3, 0.4) is 0 Å². The highest BCUT2D eigenvalue weighted by molar-refractivity contribution is 7.96. The lowest BCUT2D eigenvalue weighted by atomic mass is 9.90. The molecule has 1 aliphatic rings. The fraction of sp³-hybridized carbons (Fsp3) is 0.368. The molecule has 0 unspecified atom stereocenters. The first kappa shape index (κ1) is 15.6. The minimum absolute atomic E-state index is 0.124. The van der Waals surface area contributed by atoms with Crippen LogP contribution in [0, 0.1) is 0 Å². The van der Waals surface area contributed by atoms with Gasteiger partial charge in [0.05, 0.1) is 31.6 Å². The largest absolute Gasteiger partial charge is 0.346 e. The normalized spacial score (nSPS) is 22.2. The van der Waals surface area contributed by atoms with Crippen LogP contribution in [0.5, 0.6) is 0 Å². The van der Waals surface area contributed by atoms with Crippen LogP contribution in [-0.4, -0.2) is 37.3 Å². The summed E-state index contributed by atoms with van der Waals surface area (Å²) in [7, 11) is 0.331. The van der Waals surface area contributed by atoms with Gasteiger partial charge in [-0.05, 0) is 22.0 Å². The molecule has 116 valence electrons. The highest BCUT2D eigenvalue weighted by Gasteiger charge is 2.35. The smallest absolute Gasteiger partial charge is 0.168 e. The predicted octanol–water partition coefficient (Wildman–Crippen LogP) is 3.44. The molecule has 0 atom stereocenters. The average molecular weight is 315 g/mol. The van der Waals surface area contributed by atoms with Crippen LogP contribution < -0.4 is 0 Å². The Labute approximate surface area is 135 Å². The van der Waals surface area contributed by atoms with E-state index in [0.717, 1.165) is 13.2 Å². The van der Waals surface area contributed by atoms with E-state index in [1.54, 1.807) is 0 Å². The van der Waals surface area contributed by atoms with E-state index in [9.17, 15) is 0 Å². The first-order chi connectivity index (χ1) is 10.8. The van der Waals surface area contributed by atoms with Gasteiger partial charge < -0.3 is 9.47 Å². The van der Waals surface area contributed by atoms with Crippen LogP contribution in [0.15, 0.2) is 60.7 Å². The first-order valence-electron chi connectivity index (χ1n) is 7.65. The van der Waals surface area contributed by atoms with E-state index in [4.69, 9.17) is 9.47 Å². The zero-order valence-corrected chi connectivity index (χ0v) is 14.0. The van der Waals surface area contributed by atoms with Gasteiger partial charge in [0.15, 0.2) is 11.5 Å². The first-order valence-corrected chi connectivity index (χ1v) is 9.75. The van der Waals surface area contributed by atoms with Gasteiger partial charge >= 0.3 is 0 Å². The molecule has 1 heterocycles. The Kier molecular flexibility index (Phi) is 5.19. The van der Waals surface area contributed by atoms with Gasteiger partial charge in [-0.1, -0.05) is 60.7 Å². The second-order valence-corrected chi connectivity index (χ2v) is 8.26. The molecule has 0 radical (unpaired) electrons.